The zero-order valence-corrected chi connectivity index (χ0v) is 11.4. The third-order valence-corrected chi connectivity index (χ3v) is 3.67. The average Bonchev–Trinajstić information content (AvgIpc) is 2.40. The van der Waals surface area contributed by atoms with Crippen LogP contribution in [0.2, 0.25) is 0 Å². The van der Waals surface area contributed by atoms with Gasteiger partial charge in [0, 0.05) is 25.0 Å². The molecular formula is C14H23N3O. The van der Waals surface area contributed by atoms with Gasteiger partial charge in [-0.05, 0) is 44.6 Å². The van der Waals surface area contributed by atoms with Gasteiger partial charge in [-0.2, -0.15) is 0 Å². The molecule has 2 atom stereocenters. The van der Waals surface area contributed by atoms with Gasteiger partial charge in [0.05, 0.1) is 0 Å². The normalized spacial score (nSPS) is 25.9. The Labute approximate surface area is 109 Å². The number of hydrogen-bond acceptors (Lipinski definition) is 4. The van der Waals surface area contributed by atoms with Gasteiger partial charge in [0.1, 0.15) is 5.60 Å². The SMILES string of the molecule is CCC(N)Cc1cnc(C2(C)CCCCO2)nc1. The van der Waals surface area contributed by atoms with Crippen molar-refractivity contribution in [3.05, 3.63) is 23.8 Å². The first-order valence-corrected chi connectivity index (χ1v) is 6.85. The van der Waals surface area contributed by atoms with Crippen LogP contribution in [0.5, 0.6) is 0 Å². The molecule has 0 aliphatic carbocycles. The van der Waals surface area contributed by atoms with Crippen LogP contribution in [0, 0.1) is 0 Å². The maximum Gasteiger partial charge on any atom is 0.159 e. The molecule has 2 rings (SSSR count). The van der Waals surface area contributed by atoms with Crippen LogP contribution in [0.25, 0.3) is 0 Å². The number of hydrogen-bond donors (Lipinski definition) is 1. The number of rotatable bonds is 4. The molecule has 100 valence electrons. The topological polar surface area (TPSA) is 61.0 Å². The van der Waals surface area contributed by atoms with Crippen molar-refractivity contribution in [1.82, 2.24) is 9.97 Å². The molecule has 1 aromatic rings. The molecule has 4 nitrogen and oxygen atoms in total. The summed E-state index contributed by atoms with van der Waals surface area (Å²) >= 11 is 0. The van der Waals surface area contributed by atoms with Crippen molar-refractivity contribution in [2.24, 2.45) is 5.73 Å². The van der Waals surface area contributed by atoms with Crippen LogP contribution in [-0.2, 0) is 16.8 Å². The Morgan fingerprint density at radius 2 is 2.11 bits per heavy atom. The van der Waals surface area contributed by atoms with E-state index in [1.165, 1.54) is 6.42 Å². The Bertz CT molecular complexity index is 371. The van der Waals surface area contributed by atoms with Crippen molar-refractivity contribution in [3.8, 4) is 0 Å². The van der Waals surface area contributed by atoms with Gasteiger partial charge in [0.15, 0.2) is 5.82 Å². The summed E-state index contributed by atoms with van der Waals surface area (Å²) in [5.41, 5.74) is 6.73. The van der Waals surface area contributed by atoms with Gasteiger partial charge in [-0.15, -0.1) is 0 Å². The molecule has 0 spiro atoms. The summed E-state index contributed by atoms with van der Waals surface area (Å²) in [6.45, 7) is 4.98. The Kier molecular flexibility index (Phi) is 4.30. The number of nitrogens with two attached hydrogens (primary N) is 1. The van der Waals surface area contributed by atoms with Crippen molar-refractivity contribution in [1.29, 1.82) is 0 Å². The second-order valence-corrected chi connectivity index (χ2v) is 5.32. The lowest BCUT2D eigenvalue weighted by atomic mass is 9.95. The highest BCUT2D eigenvalue weighted by Crippen LogP contribution is 2.32. The van der Waals surface area contributed by atoms with E-state index in [1.54, 1.807) is 0 Å². The zero-order valence-electron chi connectivity index (χ0n) is 11.4. The lowest BCUT2D eigenvalue weighted by molar-refractivity contribution is -0.0760. The lowest BCUT2D eigenvalue weighted by Gasteiger charge is -2.32. The molecule has 2 heterocycles. The lowest BCUT2D eigenvalue weighted by Crippen LogP contribution is -2.32. The Morgan fingerprint density at radius 1 is 1.39 bits per heavy atom. The van der Waals surface area contributed by atoms with Gasteiger partial charge in [-0.3, -0.25) is 0 Å². The number of nitrogens with zero attached hydrogens (tertiary/aromatic N) is 2. The van der Waals surface area contributed by atoms with Crippen LogP contribution in [0.4, 0.5) is 0 Å². The summed E-state index contributed by atoms with van der Waals surface area (Å²) < 4.78 is 5.84. The summed E-state index contributed by atoms with van der Waals surface area (Å²) in [5, 5.41) is 0. The summed E-state index contributed by atoms with van der Waals surface area (Å²) in [6, 6.07) is 0.195. The summed E-state index contributed by atoms with van der Waals surface area (Å²) in [7, 11) is 0. The predicted octanol–water partition coefficient (Wildman–Crippen LogP) is 2.17. The van der Waals surface area contributed by atoms with E-state index in [1.807, 2.05) is 12.4 Å². The van der Waals surface area contributed by atoms with E-state index >= 15 is 0 Å². The first-order valence-electron chi connectivity index (χ1n) is 6.85. The molecule has 0 bridgehead atoms. The van der Waals surface area contributed by atoms with Crippen LogP contribution in [-0.4, -0.2) is 22.6 Å². The quantitative estimate of drug-likeness (QED) is 0.888. The van der Waals surface area contributed by atoms with E-state index in [2.05, 4.69) is 23.8 Å². The molecular weight excluding hydrogens is 226 g/mol. The van der Waals surface area contributed by atoms with Gasteiger partial charge in [0.2, 0.25) is 0 Å². The van der Waals surface area contributed by atoms with Crippen LogP contribution in [0.1, 0.15) is 50.9 Å². The van der Waals surface area contributed by atoms with Crippen LogP contribution in [0.15, 0.2) is 12.4 Å². The average molecular weight is 249 g/mol. The Balaban J connectivity index is 2.07. The first kappa shape index (κ1) is 13.4. The summed E-state index contributed by atoms with van der Waals surface area (Å²) in [5.74, 6) is 0.802. The fourth-order valence-electron chi connectivity index (χ4n) is 2.29. The maximum atomic E-state index is 5.93. The Morgan fingerprint density at radius 3 is 2.67 bits per heavy atom. The molecule has 1 aromatic heterocycles. The molecule has 0 amide bonds. The van der Waals surface area contributed by atoms with Gasteiger partial charge >= 0.3 is 0 Å². The van der Waals surface area contributed by atoms with Crippen molar-refractivity contribution in [2.45, 2.75) is 57.6 Å². The minimum atomic E-state index is -0.302. The van der Waals surface area contributed by atoms with E-state index in [9.17, 15) is 0 Å². The Hall–Kier alpha value is -1.00. The minimum Gasteiger partial charge on any atom is -0.367 e. The third-order valence-electron chi connectivity index (χ3n) is 3.67. The molecule has 1 saturated heterocycles. The molecule has 0 aromatic carbocycles. The molecule has 4 heteroatoms. The highest BCUT2D eigenvalue weighted by atomic mass is 16.5. The molecule has 2 N–H and O–H groups in total. The monoisotopic (exact) mass is 249 g/mol. The highest BCUT2D eigenvalue weighted by molar-refractivity contribution is 5.10. The summed E-state index contributed by atoms with van der Waals surface area (Å²) in [4.78, 5) is 8.94. The highest BCUT2D eigenvalue weighted by Gasteiger charge is 2.32. The summed E-state index contributed by atoms with van der Waals surface area (Å²) in [6.07, 6.45) is 8.92. The molecule has 18 heavy (non-hydrogen) atoms. The molecule has 1 fully saturated rings. The van der Waals surface area contributed by atoms with Crippen molar-refractivity contribution < 1.29 is 4.74 Å². The number of ether oxygens (including phenoxy) is 1. The van der Waals surface area contributed by atoms with E-state index in [0.29, 0.717) is 0 Å². The van der Waals surface area contributed by atoms with Gasteiger partial charge in [0.25, 0.3) is 0 Å². The third kappa shape index (κ3) is 3.06. The van der Waals surface area contributed by atoms with E-state index in [-0.39, 0.29) is 11.6 Å². The van der Waals surface area contributed by atoms with E-state index in [4.69, 9.17) is 10.5 Å². The second kappa shape index (κ2) is 5.76. The van der Waals surface area contributed by atoms with Crippen LogP contribution < -0.4 is 5.73 Å². The van der Waals surface area contributed by atoms with Crippen molar-refractivity contribution >= 4 is 0 Å². The zero-order chi connectivity index (χ0) is 13.0. The molecule has 1 aliphatic heterocycles. The number of aromatic nitrogens is 2. The van der Waals surface area contributed by atoms with Gasteiger partial charge < -0.3 is 10.5 Å². The predicted molar refractivity (Wildman–Crippen MR) is 71.2 cm³/mol. The smallest absolute Gasteiger partial charge is 0.159 e. The fraction of sp³-hybridized carbons (Fsp3) is 0.714. The van der Waals surface area contributed by atoms with Gasteiger partial charge in [-0.1, -0.05) is 6.92 Å². The van der Waals surface area contributed by atoms with Crippen LogP contribution in [0.3, 0.4) is 0 Å². The van der Waals surface area contributed by atoms with Gasteiger partial charge in [-0.25, -0.2) is 9.97 Å². The molecule has 0 radical (unpaired) electrons. The fourth-order valence-corrected chi connectivity index (χ4v) is 2.29. The van der Waals surface area contributed by atoms with Crippen LogP contribution >= 0.6 is 0 Å². The molecule has 0 saturated carbocycles. The van der Waals surface area contributed by atoms with Crippen molar-refractivity contribution in [3.63, 3.8) is 0 Å². The minimum absolute atomic E-state index is 0.195. The van der Waals surface area contributed by atoms with E-state index < -0.39 is 0 Å². The first-order chi connectivity index (χ1) is 8.64. The second-order valence-electron chi connectivity index (χ2n) is 5.32. The van der Waals surface area contributed by atoms with E-state index in [0.717, 1.165) is 43.7 Å². The molecule has 1 aliphatic rings. The largest absolute Gasteiger partial charge is 0.367 e. The molecule has 2 unspecified atom stereocenters. The maximum absolute atomic E-state index is 5.93. The standard InChI is InChI=1S/C14H23N3O/c1-3-12(15)8-11-9-16-13(17-10-11)14(2)6-4-5-7-18-14/h9-10,12H,3-8,15H2,1-2H3. The van der Waals surface area contributed by atoms with Crippen molar-refractivity contribution in [2.75, 3.05) is 6.61 Å².